The standard InChI is InChI=1S/C18H18N4O2S/c1-2-9-24-14-7-5-13(6-8-14)12-19-22-18(23)16-11-15(20-21-16)17-4-3-10-25-17/h3-8,10-12H,2,9H2,1H3,(H,20,21)(H,22,23)/b19-12-. The molecule has 3 rings (SSSR count). The second-order valence-electron chi connectivity index (χ2n) is 5.26. The van der Waals surface area contributed by atoms with Gasteiger partial charge in [-0.3, -0.25) is 9.89 Å². The van der Waals surface area contributed by atoms with Gasteiger partial charge in [-0.25, -0.2) is 5.43 Å². The number of aromatic nitrogens is 2. The monoisotopic (exact) mass is 354 g/mol. The predicted octanol–water partition coefficient (Wildman–Crippen LogP) is 3.69. The van der Waals surface area contributed by atoms with Crippen molar-refractivity contribution in [1.29, 1.82) is 0 Å². The fraction of sp³-hybridized carbons (Fsp3) is 0.167. The smallest absolute Gasteiger partial charge is 0.291 e. The zero-order valence-electron chi connectivity index (χ0n) is 13.7. The van der Waals surface area contributed by atoms with E-state index in [9.17, 15) is 4.79 Å². The molecule has 3 aromatic rings. The summed E-state index contributed by atoms with van der Waals surface area (Å²) in [6, 6.07) is 13.1. The molecule has 6 nitrogen and oxygen atoms in total. The fourth-order valence-electron chi connectivity index (χ4n) is 2.09. The van der Waals surface area contributed by atoms with Crippen LogP contribution in [0.3, 0.4) is 0 Å². The molecule has 1 aromatic carbocycles. The molecule has 0 unspecified atom stereocenters. The molecule has 25 heavy (non-hydrogen) atoms. The summed E-state index contributed by atoms with van der Waals surface area (Å²) in [5, 5.41) is 12.8. The van der Waals surface area contributed by atoms with Gasteiger partial charge in [0, 0.05) is 0 Å². The summed E-state index contributed by atoms with van der Waals surface area (Å²) in [4.78, 5) is 13.1. The Bertz CT molecular complexity index is 838. The molecular formula is C18H18N4O2S. The maximum absolute atomic E-state index is 12.1. The number of hydrogen-bond acceptors (Lipinski definition) is 5. The van der Waals surface area contributed by atoms with Crippen LogP contribution in [-0.4, -0.2) is 28.9 Å². The highest BCUT2D eigenvalue weighted by atomic mass is 32.1. The number of nitrogens with zero attached hydrogens (tertiary/aromatic N) is 2. The molecule has 0 bridgehead atoms. The molecule has 0 aliphatic rings. The van der Waals surface area contributed by atoms with Gasteiger partial charge in [0.1, 0.15) is 5.75 Å². The van der Waals surface area contributed by atoms with Gasteiger partial charge in [0.2, 0.25) is 0 Å². The number of H-pyrrole nitrogens is 1. The second-order valence-corrected chi connectivity index (χ2v) is 6.21. The second kappa shape index (κ2) is 8.25. The largest absolute Gasteiger partial charge is 0.494 e. The van der Waals surface area contributed by atoms with E-state index in [1.54, 1.807) is 23.6 Å². The number of amides is 1. The zero-order valence-corrected chi connectivity index (χ0v) is 14.5. The van der Waals surface area contributed by atoms with Gasteiger partial charge >= 0.3 is 0 Å². The van der Waals surface area contributed by atoms with E-state index in [2.05, 4.69) is 27.6 Å². The molecule has 0 aliphatic heterocycles. The first-order valence-electron chi connectivity index (χ1n) is 7.92. The Labute approximate surface area is 149 Å². The molecule has 0 saturated heterocycles. The van der Waals surface area contributed by atoms with Crippen LogP contribution in [0.25, 0.3) is 10.6 Å². The molecule has 0 atom stereocenters. The van der Waals surface area contributed by atoms with Crippen LogP contribution in [0.5, 0.6) is 5.75 Å². The first-order chi connectivity index (χ1) is 12.3. The third-order valence-electron chi connectivity index (χ3n) is 3.33. The Morgan fingerprint density at radius 3 is 2.92 bits per heavy atom. The lowest BCUT2D eigenvalue weighted by Gasteiger charge is -2.03. The first-order valence-corrected chi connectivity index (χ1v) is 8.80. The Morgan fingerprint density at radius 1 is 1.36 bits per heavy atom. The van der Waals surface area contributed by atoms with Gasteiger partial charge in [0.15, 0.2) is 5.69 Å². The van der Waals surface area contributed by atoms with Gasteiger partial charge in [0.05, 0.1) is 23.4 Å². The predicted molar refractivity (Wildman–Crippen MR) is 99.2 cm³/mol. The van der Waals surface area contributed by atoms with Crippen LogP contribution in [0.15, 0.2) is 52.9 Å². The number of hydrazone groups is 1. The highest BCUT2D eigenvalue weighted by Gasteiger charge is 2.11. The maximum atomic E-state index is 12.1. The lowest BCUT2D eigenvalue weighted by atomic mass is 10.2. The van der Waals surface area contributed by atoms with Gasteiger partial charge in [-0.2, -0.15) is 10.2 Å². The van der Waals surface area contributed by atoms with E-state index in [-0.39, 0.29) is 5.91 Å². The molecule has 128 valence electrons. The van der Waals surface area contributed by atoms with Crippen molar-refractivity contribution < 1.29 is 9.53 Å². The lowest BCUT2D eigenvalue weighted by molar-refractivity contribution is 0.0950. The summed E-state index contributed by atoms with van der Waals surface area (Å²) in [6.45, 7) is 2.76. The van der Waals surface area contributed by atoms with Crippen LogP contribution < -0.4 is 10.2 Å². The molecule has 0 saturated carbocycles. The molecule has 0 aliphatic carbocycles. The normalized spacial score (nSPS) is 10.9. The average molecular weight is 354 g/mol. The number of rotatable bonds is 7. The summed E-state index contributed by atoms with van der Waals surface area (Å²) in [6.07, 6.45) is 2.55. The molecule has 7 heteroatoms. The minimum Gasteiger partial charge on any atom is -0.494 e. The highest BCUT2D eigenvalue weighted by Crippen LogP contribution is 2.22. The quantitative estimate of drug-likeness (QED) is 0.502. The van der Waals surface area contributed by atoms with Crippen molar-refractivity contribution in [2.24, 2.45) is 5.10 Å². The Balaban J connectivity index is 1.56. The van der Waals surface area contributed by atoms with Gasteiger partial charge in [0.25, 0.3) is 5.91 Å². The number of thiophene rings is 1. The van der Waals surface area contributed by atoms with E-state index in [0.29, 0.717) is 12.3 Å². The topological polar surface area (TPSA) is 79.4 Å². The van der Waals surface area contributed by atoms with Gasteiger partial charge in [-0.05, 0) is 53.8 Å². The summed E-state index contributed by atoms with van der Waals surface area (Å²) < 4.78 is 5.52. The third kappa shape index (κ3) is 4.54. The van der Waals surface area contributed by atoms with E-state index in [4.69, 9.17) is 4.74 Å². The molecule has 2 N–H and O–H groups in total. The number of benzene rings is 1. The van der Waals surface area contributed by atoms with Gasteiger partial charge in [-0.15, -0.1) is 11.3 Å². The molecule has 2 aromatic heterocycles. The zero-order chi connectivity index (χ0) is 17.5. The minimum atomic E-state index is -0.363. The minimum absolute atomic E-state index is 0.295. The number of aromatic amines is 1. The van der Waals surface area contributed by atoms with E-state index in [1.807, 2.05) is 41.8 Å². The summed E-state index contributed by atoms with van der Waals surface area (Å²) >= 11 is 1.58. The third-order valence-corrected chi connectivity index (χ3v) is 4.23. The Hall–Kier alpha value is -2.93. The summed E-state index contributed by atoms with van der Waals surface area (Å²) in [7, 11) is 0. The van der Waals surface area contributed by atoms with Crippen LogP contribution in [0, 0.1) is 0 Å². The van der Waals surface area contributed by atoms with E-state index in [1.165, 1.54) is 0 Å². The highest BCUT2D eigenvalue weighted by molar-refractivity contribution is 7.13. The van der Waals surface area contributed by atoms with E-state index < -0.39 is 0 Å². The van der Waals surface area contributed by atoms with Crippen LogP contribution in [-0.2, 0) is 0 Å². The van der Waals surface area contributed by atoms with Crippen molar-refractivity contribution in [2.45, 2.75) is 13.3 Å². The average Bonchev–Trinajstić information content (AvgIpc) is 3.32. The molecule has 1 amide bonds. The molecule has 0 radical (unpaired) electrons. The number of carbonyl (C=O) groups is 1. The van der Waals surface area contributed by atoms with Crippen molar-refractivity contribution in [3.05, 3.63) is 59.1 Å². The summed E-state index contributed by atoms with van der Waals surface area (Å²) in [5.41, 5.74) is 4.45. The van der Waals surface area contributed by atoms with E-state index >= 15 is 0 Å². The molecule has 0 spiro atoms. The molecular weight excluding hydrogens is 336 g/mol. The van der Waals surface area contributed by atoms with Crippen molar-refractivity contribution in [3.63, 3.8) is 0 Å². The molecule has 2 heterocycles. The fourth-order valence-corrected chi connectivity index (χ4v) is 2.78. The first kappa shape index (κ1) is 16.9. The SMILES string of the molecule is CCCOc1ccc(/C=N\NC(=O)c2cc(-c3cccs3)[nH]n2)cc1. The van der Waals surface area contributed by atoms with Gasteiger partial charge < -0.3 is 4.74 Å². The number of nitrogens with one attached hydrogen (secondary N) is 2. The van der Waals surface area contributed by atoms with Gasteiger partial charge in [-0.1, -0.05) is 13.0 Å². The number of hydrogen-bond donors (Lipinski definition) is 2. The van der Waals surface area contributed by atoms with Crippen LogP contribution in [0.1, 0.15) is 29.4 Å². The van der Waals surface area contributed by atoms with Crippen molar-refractivity contribution in [3.8, 4) is 16.3 Å². The van der Waals surface area contributed by atoms with Crippen LogP contribution >= 0.6 is 11.3 Å². The van der Waals surface area contributed by atoms with Crippen LogP contribution in [0.4, 0.5) is 0 Å². The Morgan fingerprint density at radius 2 is 2.20 bits per heavy atom. The Kier molecular flexibility index (Phi) is 5.58. The summed E-state index contributed by atoms with van der Waals surface area (Å²) in [5.74, 6) is 0.457. The number of carbonyl (C=O) groups excluding carboxylic acids is 1. The lowest BCUT2D eigenvalue weighted by Crippen LogP contribution is -2.17. The number of ether oxygens (including phenoxy) is 1. The van der Waals surface area contributed by atoms with Crippen molar-refractivity contribution >= 4 is 23.5 Å². The van der Waals surface area contributed by atoms with Crippen molar-refractivity contribution in [1.82, 2.24) is 15.6 Å². The van der Waals surface area contributed by atoms with Crippen molar-refractivity contribution in [2.75, 3.05) is 6.61 Å². The van der Waals surface area contributed by atoms with E-state index in [0.717, 1.165) is 28.3 Å². The molecule has 0 fully saturated rings. The van der Waals surface area contributed by atoms with Crippen LogP contribution in [0.2, 0.25) is 0 Å². The maximum Gasteiger partial charge on any atom is 0.291 e.